The fourth-order valence-corrected chi connectivity index (χ4v) is 1.70. The minimum Gasteiger partial charge on any atom is -0.376 e. The number of hydrogen-bond acceptors (Lipinski definition) is 3. The second kappa shape index (κ2) is 6.61. The Hall–Kier alpha value is 0.0700. The predicted octanol–water partition coefficient (Wildman–Crippen LogP) is 1.94. The third-order valence-corrected chi connectivity index (χ3v) is 2.21. The average Bonchev–Trinajstić information content (AvgIpc) is 1.95. The molecule has 2 N–H and O–H groups in total. The molecule has 6 heteroatoms. The van der Waals surface area contributed by atoms with Gasteiger partial charge in [-0.15, -0.1) is 0 Å². The molecule has 0 aliphatic heterocycles. The molecule has 0 aromatic heterocycles. The van der Waals surface area contributed by atoms with Crippen LogP contribution in [0, 0.1) is 5.92 Å². The van der Waals surface area contributed by atoms with Crippen molar-refractivity contribution >= 4 is 7.82 Å². The van der Waals surface area contributed by atoms with E-state index in [4.69, 9.17) is 14.5 Å². The lowest BCUT2D eigenvalue weighted by Crippen LogP contribution is -2.23. The molecule has 0 spiro atoms. The molecule has 0 fully saturated rings. The second-order valence-electron chi connectivity index (χ2n) is 4.23. The molecule has 0 aromatic carbocycles. The van der Waals surface area contributed by atoms with E-state index in [-0.39, 0.29) is 12.7 Å². The standard InChI is InChI=1S/C9H21O5P/c1-7(2)5-9(6-13-8(3)4)14-15(10,11)12/h7-9H,5-6H2,1-4H3,(H2,10,11,12). The SMILES string of the molecule is CC(C)CC(COC(C)C)OP(=O)(O)O. The summed E-state index contributed by atoms with van der Waals surface area (Å²) in [5.41, 5.74) is 0. The molecule has 0 heterocycles. The van der Waals surface area contributed by atoms with Crippen LogP contribution < -0.4 is 0 Å². The molecule has 15 heavy (non-hydrogen) atoms. The van der Waals surface area contributed by atoms with Crippen molar-refractivity contribution in [3.63, 3.8) is 0 Å². The van der Waals surface area contributed by atoms with Crippen molar-refractivity contribution in [2.75, 3.05) is 6.61 Å². The first-order valence-corrected chi connectivity index (χ1v) is 6.59. The van der Waals surface area contributed by atoms with E-state index < -0.39 is 13.9 Å². The zero-order chi connectivity index (χ0) is 12.1. The zero-order valence-corrected chi connectivity index (χ0v) is 10.6. The van der Waals surface area contributed by atoms with Gasteiger partial charge >= 0.3 is 7.82 Å². The van der Waals surface area contributed by atoms with Gasteiger partial charge in [0.2, 0.25) is 0 Å². The molecule has 0 rings (SSSR count). The fourth-order valence-electron chi connectivity index (χ4n) is 1.16. The van der Waals surface area contributed by atoms with Crippen molar-refractivity contribution in [2.24, 2.45) is 5.92 Å². The molecule has 0 amide bonds. The molecule has 92 valence electrons. The summed E-state index contributed by atoms with van der Waals surface area (Å²) in [6, 6.07) is 0. The molecule has 0 saturated heterocycles. The molecular weight excluding hydrogens is 219 g/mol. The first-order chi connectivity index (χ1) is 6.70. The Morgan fingerprint density at radius 3 is 2.07 bits per heavy atom. The Morgan fingerprint density at radius 2 is 1.73 bits per heavy atom. The quantitative estimate of drug-likeness (QED) is 0.665. The first kappa shape index (κ1) is 15.1. The predicted molar refractivity (Wildman–Crippen MR) is 57.5 cm³/mol. The van der Waals surface area contributed by atoms with E-state index in [1.165, 1.54) is 0 Å². The molecule has 1 atom stereocenters. The third kappa shape index (κ3) is 10.4. The van der Waals surface area contributed by atoms with Crippen LogP contribution in [0.2, 0.25) is 0 Å². The van der Waals surface area contributed by atoms with Gasteiger partial charge in [0.25, 0.3) is 0 Å². The van der Waals surface area contributed by atoms with Gasteiger partial charge in [-0.25, -0.2) is 4.57 Å². The summed E-state index contributed by atoms with van der Waals surface area (Å²) < 4.78 is 20.6. The summed E-state index contributed by atoms with van der Waals surface area (Å²) in [4.78, 5) is 17.4. The van der Waals surface area contributed by atoms with Gasteiger partial charge < -0.3 is 14.5 Å². The summed E-state index contributed by atoms with van der Waals surface area (Å²) in [6.07, 6.45) is 0.0472. The monoisotopic (exact) mass is 240 g/mol. The van der Waals surface area contributed by atoms with E-state index in [0.717, 1.165) is 0 Å². The number of ether oxygens (including phenoxy) is 1. The van der Waals surface area contributed by atoms with Gasteiger partial charge in [0, 0.05) is 0 Å². The molecule has 5 nitrogen and oxygen atoms in total. The van der Waals surface area contributed by atoms with Crippen molar-refractivity contribution in [2.45, 2.75) is 46.3 Å². The smallest absolute Gasteiger partial charge is 0.376 e. The van der Waals surface area contributed by atoms with Crippen LogP contribution in [0.1, 0.15) is 34.1 Å². The highest BCUT2D eigenvalue weighted by Crippen LogP contribution is 2.38. The maximum atomic E-state index is 10.7. The Balaban J connectivity index is 4.13. The Bertz CT molecular complexity index is 211. The van der Waals surface area contributed by atoms with Crippen LogP contribution in [0.3, 0.4) is 0 Å². The Kier molecular flexibility index (Phi) is 6.64. The Morgan fingerprint density at radius 1 is 1.20 bits per heavy atom. The van der Waals surface area contributed by atoms with Gasteiger partial charge in [-0.1, -0.05) is 13.8 Å². The topological polar surface area (TPSA) is 76.0 Å². The molecule has 0 radical (unpaired) electrons. The van der Waals surface area contributed by atoms with Crippen molar-refractivity contribution < 1.29 is 23.6 Å². The van der Waals surface area contributed by atoms with Crippen LogP contribution in [0.5, 0.6) is 0 Å². The zero-order valence-electron chi connectivity index (χ0n) is 9.71. The Labute approximate surface area is 91.0 Å². The lowest BCUT2D eigenvalue weighted by molar-refractivity contribution is -0.00234. The van der Waals surface area contributed by atoms with Crippen molar-refractivity contribution in [3.05, 3.63) is 0 Å². The van der Waals surface area contributed by atoms with Crippen molar-refractivity contribution in [1.82, 2.24) is 0 Å². The number of phosphoric ester groups is 1. The minimum atomic E-state index is -4.42. The molecular formula is C9H21O5P. The third-order valence-electron chi connectivity index (χ3n) is 1.64. The van der Waals surface area contributed by atoms with E-state index >= 15 is 0 Å². The normalized spacial score (nSPS) is 14.9. The van der Waals surface area contributed by atoms with E-state index in [0.29, 0.717) is 12.3 Å². The van der Waals surface area contributed by atoms with E-state index in [2.05, 4.69) is 4.52 Å². The maximum absolute atomic E-state index is 10.7. The van der Waals surface area contributed by atoms with Crippen LogP contribution in [-0.4, -0.2) is 28.6 Å². The molecule has 1 unspecified atom stereocenters. The van der Waals surface area contributed by atoms with Crippen molar-refractivity contribution in [3.8, 4) is 0 Å². The lowest BCUT2D eigenvalue weighted by atomic mass is 10.1. The summed E-state index contributed by atoms with van der Waals surface area (Å²) >= 11 is 0. The van der Waals surface area contributed by atoms with E-state index in [9.17, 15) is 4.57 Å². The van der Waals surface area contributed by atoms with E-state index in [1.54, 1.807) is 0 Å². The van der Waals surface area contributed by atoms with Gasteiger partial charge in [-0.05, 0) is 26.2 Å². The lowest BCUT2D eigenvalue weighted by Gasteiger charge is -2.21. The first-order valence-electron chi connectivity index (χ1n) is 5.06. The maximum Gasteiger partial charge on any atom is 0.469 e. The number of hydrogen-bond donors (Lipinski definition) is 2. The molecule has 0 aliphatic rings. The second-order valence-corrected chi connectivity index (χ2v) is 5.42. The molecule has 0 aromatic rings. The van der Waals surface area contributed by atoms with Gasteiger partial charge in [-0.3, -0.25) is 4.52 Å². The van der Waals surface area contributed by atoms with Crippen LogP contribution in [0.15, 0.2) is 0 Å². The molecule has 0 aliphatic carbocycles. The van der Waals surface area contributed by atoms with E-state index in [1.807, 2.05) is 27.7 Å². The van der Waals surface area contributed by atoms with Gasteiger partial charge in [-0.2, -0.15) is 0 Å². The highest BCUT2D eigenvalue weighted by molar-refractivity contribution is 7.46. The van der Waals surface area contributed by atoms with Crippen molar-refractivity contribution in [1.29, 1.82) is 0 Å². The van der Waals surface area contributed by atoms with Gasteiger partial charge in [0.15, 0.2) is 0 Å². The minimum absolute atomic E-state index is 0.0278. The van der Waals surface area contributed by atoms with Crippen LogP contribution in [0.25, 0.3) is 0 Å². The fraction of sp³-hybridized carbons (Fsp3) is 1.00. The highest BCUT2D eigenvalue weighted by atomic mass is 31.2. The van der Waals surface area contributed by atoms with Crippen LogP contribution >= 0.6 is 7.82 Å². The largest absolute Gasteiger partial charge is 0.469 e. The van der Waals surface area contributed by atoms with Gasteiger partial charge in [0.1, 0.15) is 0 Å². The molecule has 0 saturated carbocycles. The summed E-state index contributed by atoms with van der Waals surface area (Å²) in [5.74, 6) is 0.303. The summed E-state index contributed by atoms with van der Waals surface area (Å²) in [5, 5.41) is 0. The number of rotatable bonds is 7. The average molecular weight is 240 g/mol. The van der Waals surface area contributed by atoms with Crippen LogP contribution in [0.4, 0.5) is 0 Å². The van der Waals surface area contributed by atoms with Gasteiger partial charge in [0.05, 0.1) is 18.8 Å². The van der Waals surface area contributed by atoms with Crippen LogP contribution in [-0.2, 0) is 13.8 Å². The molecule has 0 bridgehead atoms. The number of phosphoric acid groups is 1. The summed E-state index contributed by atoms with van der Waals surface area (Å²) in [7, 11) is -4.42. The summed E-state index contributed by atoms with van der Waals surface area (Å²) in [6.45, 7) is 7.87. The highest BCUT2D eigenvalue weighted by Gasteiger charge is 2.23.